The first-order chi connectivity index (χ1) is 8.19. The molecule has 0 aliphatic carbocycles. The van der Waals surface area contributed by atoms with Crippen LogP contribution in [0.3, 0.4) is 0 Å². The Labute approximate surface area is 104 Å². The van der Waals surface area contributed by atoms with Crippen molar-refractivity contribution in [2.24, 2.45) is 0 Å². The topological polar surface area (TPSA) is 64.3 Å². The Morgan fingerprint density at radius 3 is 2.71 bits per heavy atom. The number of nitrogen functional groups attached to an aromatic ring is 1. The van der Waals surface area contributed by atoms with E-state index in [1.54, 1.807) is 7.11 Å². The van der Waals surface area contributed by atoms with Gasteiger partial charge in [-0.25, -0.2) is 0 Å². The maximum Gasteiger partial charge on any atom is 0.121 e. The van der Waals surface area contributed by atoms with E-state index in [1.807, 2.05) is 18.2 Å². The summed E-state index contributed by atoms with van der Waals surface area (Å²) in [6.45, 7) is 0. The third kappa shape index (κ3) is 3.12. The standard InChI is InChI=1S/C12H18N2O2S/c1-16-10-2-3-12(11(13)8-10)14-9-4-6-17(15)7-5-9/h2-3,8-9,14H,4-7,13H2,1H3. The molecule has 1 aliphatic heterocycles. The van der Waals surface area contributed by atoms with Crippen molar-refractivity contribution in [2.45, 2.75) is 18.9 Å². The van der Waals surface area contributed by atoms with Gasteiger partial charge in [0.25, 0.3) is 0 Å². The van der Waals surface area contributed by atoms with Crippen LogP contribution in [0.4, 0.5) is 11.4 Å². The van der Waals surface area contributed by atoms with Gasteiger partial charge in [0.1, 0.15) is 5.75 Å². The summed E-state index contributed by atoms with van der Waals surface area (Å²) in [5, 5.41) is 3.41. The Kier molecular flexibility index (Phi) is 3.89. The summed E-state index contributed by atoms with van der Waals surface area (Å²) in [5.41, 5.74) is 7.56. The van der Waals surface area contributed by atoms with Gasteiger partial charge in [0.15, 0.2) is 0 Å². The van der Waals surface area contributed by atoms with Gasteiger partial charge < -0.3 is 15.8 Å². The molecule has 2 rings (SSSR count). The molecule has 0 saturated carbocycles. The van der Waals surface area contributed by atoms with Crippen molar-refractivity contribution in [2.75, 3.05) is 29.7 Å². The molecule has 4 nitrogen and oxygen atoms in total. The summed E-state index contributed by atoms with van der Waals surface area (Å²) < 4.78 is 16.4. The molecular weight excluding hydrogens is 236 g/mol. The number of methoxy groups -OCH3 is 1. The van der Waals surface area contributed by atoms with Crippen molar-refractivity contribution in [3.05, 3.63) is 18.2 Å². The zero-order chi connectivity index (χ0) is 12.3. The molecule has 1 saturated heterocycles. The molecule has 0 bridgehead atoms. The Balaban J connectivity index is 2.01. The molecule has 94 valence electrons. The van der Waals surface area contributed by atoms with Crippen LogP contribution in [0.25, 0.3) is 0 Å². The van der Waals surface area contributed by atoms with Crippen molar-refractivity contribution < 1.29 is 8.95 Å². The largest absolute Gasteiger partial charge is 0.497 e. The highest BCUT2D eigenvalue weighted by Crippen LogP contribution is 2.26. The van der Waals surface area contributed by atoms with Crippen LogP contribution in [-0.4, -0.2) is 28.9 Å². The molecule has 5 heteroatoms. The molecule has 0 unspecified atom stereocenters. The first kappa shape index (κ1) is 12.2. The van der Waals surface area contributed by atoms with E-state index in [0.29, 0.717) is 11.7 Å². The third-order valence-corrected chi connectivity index (χ3v) is 4.39. The number of rotatable bonds is 3. The Morgan fingerprint density at radius 2 is 2.12 bits per heavy atom. The van der Waals surface area contributed by atoms with Crippen molar-refractivity contribution in [3.8, 4) is 5.75 Å². The second-order valence-electron chi connectivity index (χ2n) is 4.22. The maximum atomic E-state index is 11.3. The van der Waals surface area contributed by atoms with Crippen LogP contribution in [0, 0.1) is 0 Å². The fourth-order valence-corrected chi connectivity index (χ4v) is 3.26. The SMILES string of the molecule is COc1ccc(NC2CCS(=O)CC2)c(N)c1. The van der Waals surface area contributed by atoms with E-state index in [1.165, 1.54) is 0 Å². The molecule has 1 fully saturated rings. The van der Waals surface area contributed by atoms with Gasteiger partial charge in [0.2, 0.25) is 0 Å². The van der Waals surface area contributed by atoms with E-state index in [2.05, 4.69) is 5.32 Å². The highest BCUT2D eigenvalue weighted by Gasteiger charge is 2.18. The summed E-state index contributed by atoms with van der Waals surface area (Å²) in [5.74, 6) is 2.33. The van der Waals surface area contributed by atoms with Crippen LogP contribution in [-0.2, 0) is 10.8 Å². The molecule has 3 N–H and O–H groups in total. The lowest BCUT2D eigenvalue weighted by molar-refractivity contribution is 0.415. The van der Waals surface area contributed by atoms with Gasteiger partial charge in [-0.1, -0.05) is 0 Å². The summed E-state index contributed by atoms with van der Waals surface area (Å²) in [4.78, 5) is 0. The number of hydrogen-bond acceptors (Lipinski definition) is 4. The van der Waals surface area contributed by atoms with Crippen molar-refractivity contribution in [3.63, 3.8) is 0 Å². The average molecular weight is 254 g/mol. The van der Waals surface area contributed by atoms with Crippen molar-refractivity contribution in [1.82, 2.24) is 0 Å². The summed E-state index contributed by atoms with van der Waals surface area (Å²) >= 11 is 0. The van der Waals surface area contributed by atoms with Gasteiger partial charge in [0.05, 0.1) is 18.5 Å². The second-order valence-corrected chi connectivity index (χ2v) is 5.92. The van der Waals surface area contributed by atoms with Crippen LogP contribution < -0.4 is 15.8 Å². The van der Waals surface area contributed by atoms with E-state index in [4.69, 9.17) is 10.5 Å². The molecule has 17 heavy (non-hydrogen) atoms. The monoisotopic (exact) mass is 254 g/mol. The Morgan fingerprint density at radius 1 is 1.41 bits per heavy atom. The van der Waals surface area contributed by atoms with Crippen LogP contribution in [0.2, 0.25) is 0 Å². The molecule has 1 aromatic carbocycles. The molecule has 0 atom stereocenters. The smallest absolute Gasteiger partial charge is 0.121 e. The van der Waals surface area contributed by atoms with E-state index in [-0.39, 0.29) is 0 Å². The highest BCUT2D eigenvalue weighted by atomic mass is 32.2. The Hall–Kier alpha value is -1.23. The third-order valence-electron chi connectivity index (χ3n) is 3.01. The predicted octanol–water partition coefficient (Wildman–Crippen LogP) is 1.60. The zero-order valence-corrected chi connectivity index (χ0v) is 10.8. The number of ether oxygens (including phenoxy) is 1. The predicted molar refractivity (Wildman–Crippen MR) is 71.9 cm³/mol. The lowest BCUT2D eigenvalue weighted by Gasteiger charge is -2.24. The lowest BCUT2D eigenvalue weighted by Crippen LogP contribution is -2.29. The fourth-order valence-electron chi connectivity index (χ4n) is 1.96. The zero-order valence-electron chi connectivity index (χ0n) is 9.94. The van der Waals surface area contributed by atoms with Gasteiger partial charge >= 0.3 is 0 Å². The quantitative estimate of drug-likeness (QED) is 0.804. The number of benzene rings is 1. The van der Waals surface area contributed by atoms with Crippen LogP contribution in [0.1, 0.15) is 12.8 Å². The lowest BCUT2D eigenvalue weighted by atomic mass is 10.1. The van der Waals surface area contributed by atoms with Crippen LogP contribution in [0.15, 0.2) is 18.2 Å². The Bertz CT molecular complexity index is 413. The molecule has 0 radical (unpaired) electrons. The molecule has 1 aliphatic rings. The number of hydrogen-bond donors (Lipinski definition) is 2. The molecule has 0 spiro atoms. The number of anilines is 2. The van der Waals surface area contributed by atoms with E-state index < -0.39 is 10.8 Å². The molecule has 0 aromatic heterocycles. The minimum atomic E-state index is -0.621. The minimum absolute atomic E-state index is 0.378. The van der Waals surface area contributed by atoms with E-state index in [9.17, 15) is 4.21 Å². The van der Waals surface area contributed by atoms with Gasteiger partial charge in [-0.3, -0.25) is 4.21 Å². The van der Waals surface area contributed by atoms with Crippen molar-refractivity contribution in [1.29, 1.82) is 0 Å². The summed E-state index contributed by atoms with van der Waals surface area (Å²) in [7, 11) is 1.00. The first-order valence-corrected chi connectivity index (χ1v) is 7.23. The summed E-state index contributed by atoms with van der Waals surface area (Å²) in [6, 6.07) is 6.01. The molecule has 1 heterocycles. The van der Waals surface area contributed by atoms with Crippen molar-refractivity contribution >= 4 is 22.2 Å². The minimum Gasteiger partial charge on any atom is -0.497 e. The van der Waals surface area contributed by atoms with E-state index >= 15 is 0 Å². The normalized spacial score (nSPS) is 24.3. The highest BCUT2D eigenvalue weighted by molar-refractivity contribution is 7.85. The average Bonchev–Trinajstić information content (AvgIpc) is 2.34. The maximum absolute atomic E-state index is 11.3. The molecular formula is C12H18N2O2S. The molecule has 0 amide bonds. The number of nitrogens with two attached hydrogens (primary N) is 1. The second kappa shape index (κ2) is 5.40. The van der Waals surface area contributed by atoms with Crippen LogP contribution in [0.5, 0.6) is 5.75 Å². The van der Waals surface area contributed by atoms with Crippen LogP contribution >= 0.6 is 0 Å². The van der Waals surface area contributed by atoms with E-state index in [0.717, 1.165) is 35.8 Å². The van der Waals surface area contributed by atoms with Gasteiger partial charge in [-0.15, -0.1) is 0 Å². The number of nitrogens with one attached hydrogen (secondary N) is 1. The van der Waals surface area contributed by atoms with Gasteiger partial charge in [-0.05, 0) is 25.0 Å². The van der Waals surface area contributed by atoms with Gasteiger partial charge in [0, 0.05) is 34.4 Å². The fraction of sp³-hybridized carbons (Fsp3) is 0.500. The molecule has 1 aromatic rings. The first-order valence-electron chi connectivity index (χ1n) is 5.74. The van der Waals surface area contributed by atoms with Gasteiger partial charge in [-0.2, -0.15) is 0 Å². The summed E-state index contributed by atoms with van der Waals surface area (Å²) in [6.07, 6.45) is 1.89.